The van der Waals surface area contributed by atoms with E-state index in [0.717, 1.165) is 18.5 Å². The maximum absolute atomic E-state index is 8.76. The van der Waals surface area contributed by atoms with Crippen molar-refractivity contribution in [2.45, 2.75) is 33.1 Å². The molecule has 3 nitrogen and oxygen atoms in total. The fourth-order valence-electron chi connectivity index (χ4n) is 1.31. The average molecular weight is 204 g/mol. The lowest BCUT2D eigenvalue weighted by Crippen LogP contribution is -2.00. The Balaban J connectivity index is 2.54. The van der Waals surface area contributed by atoms with E-state index >= 15 is 0 Å². The molecule has 0 spiro atoms. The zero-order valence-corrected chi connectivity index (χ0v) is 9.29. The van der Waals surface area contributed by atoms with Crippen LogP contribution in [0.1, 0.15) is 37.4 Å². The molecule has 15 heavy (non-hydrogen) atoms. The van der Waals surface area contributed by atoms with Gasteiger partial charge in [0, 0.05) is 11.8 Å². The number of aryl methyl sites for hydroxylation is 1. The van der Waals surface area contributed by atoms with Gasteiger partial charge in [-0.3, -0.25) is 0 Å². The quantitative estimate of drug-likeness (QED) is 0.693. The molecule has 0 aliphatic carbocycles. The van der Waals surface area contributed by atoms with E-state index in [0.29, 0.717) is 18.1 Å². The van der Waals surface area contributed by atoms with E-state index in [1.54, 1.807) is 12.1 Å². The van der Waals surface area contributed by atoms with Crippen LogP contribution in [0.25, 0.3) is 0 Å². The molecule has 0 saturated heterocycles. The largest absolute Gasteiger partial charge is 0.478 e. The van der Waals surface area contributed by atoms with Crippen molar-refractivity contribution < 1.29 is 4.74 Å². The molecule has 0 bridgehead atoms. The molecule has 0 aliphatic heterocycles. The number of pyridine rings is 1. The number of nitriles is 1. The Morgan fingerprint density at radius 3 is 2.87 bits per heavy atom. The highest BCUT2D eigenvalue weighted by atomic mass is 16.5. The standard InChI is InChI=1S/C12H16N2O/c1-3-4-5-6-15-12-8-11(9-13)7-10(2)14-12/h7-8H,3-6H2,1-2H3. The Morgan fingerprint density at radius 2 is 2.20 bits per heavy atom. The fraction of sp³-hybridized carbons (Fsp3) is 0.500. The predicted molar refractivity (Wildman–Crippen MR) is 58.7 cm³/mol. The van der Waals surface area contributed by atoms with Gasteiger partial charge in [0.25, 0.3) is 0 Å². The normalized spacial score (nSPS) is 9.67. The summed E-state index contributed by atoms with van der Waals surface area (Å²) in [7, 11) is 0. The van der Waals surface area contributed by atoms with Crippen LogP contribution in [0.3, 0.4) is 0 Å². The van der Waals surface area contributed by atoms with Crippen molar-refractivity contribution >= 4 is 0 Å². The fourth-order valence-corrected chi connectivity index (χ4v) is 1.31. The van der Waals surface area contributed by atoms with Crippen LogP contribution in [0.4, 0.5) is 0 Å². The first-order valence-electron chi connectivity index (χ1n) is 5.28. The first-order chi connectivity index (χ1) is 7.26. The van der Waals surface area contributed by atoms with Crippen LogP contribution in [-0.4, -0.2) is 11.6 Å². The second-order valence-electron chi connectivity index (χ2n) is 3.50. The van der Waals surface area contributed by atoms with E-state index < -0.39 is 0 Å². The number of ether oxygens (including phenoxy) is 1. The van der Waals surface area contributed by atoms with Crippen molar-refractivity contribution in [2.75, 3.05) is 6.61 Å². The van der Waals surface area contributed by atoms with Gasteiger partial charge in [0.1, 0.15) is 0 Å². The van der Waals surface area contributed by atoms with Crippen molar-refractivity contribution in [1.82, 2.24) is 4.98 Å². The lowest BCUT2D eigenvalue weighted by Gasteiger charge is -2.05. The summed E-state index contributed by atoms with van der Waals surface area (Å²) in [6.45, 7) is 4.69. The van der Waals surface area contributed by atoms with Crippen LogP contribution in [0.2, 0.25) is 0 Å². The first-order valence-corrected chi connectivity index (χ1v) is 5.28. The van der Waals surface area contributed by atoms with Gasteiger partial charge in [-0.1, -0.05) is 19.8 Å². The number of rotatable bonds is 5. The van der Waals surface area contributed by atoms with Gasteiger partial charge in [-0.2, -0.15) is 5.26 Å². The van der Waals surface area contributed by atoms with E-state index in [2.05, 4.69) is 18.0 Å². The summed E-state index contributed by atoms with van der Waals surface area (Å²) < 4.78 is 5.47. The summed E-state index contributed by atoms with van der Waals surface area (Å²) in [6, 6.07) is 5.52. The molecule has 0 radical (unpaired) electrons. The Labute approximate surface area is 90.7 Å². The third kappa shape index (κ3) is 3.99. The Morgan fingerprint density at radius 1 is 1.40 bits per heavy atom. The van der Waals surface area contributed by atoms with Gasteiger partial charge in [0.15, 0.2) is 0 Å². The van der Waals surface area contributed by atoms with Crippen LogP contribution >= 0.6 is 0 Å². The highest BCUT2D eigenvalue weighted by molar-refractivity contribution is 5.33. The lowest BCUT2D eigenvalue weighted by molar-refractivity contribution is 0.294. The number of aromatic nitrogens is 1. The Hall–Kier alpha value is -1.56. The van der Waals surface area contributed by atoms with Crippen molar-refractivity contribution in [3.8, 4) is 11.9 Å². The molecular weight excluding hydrogens is 188 g/mol. The molecule has 0 N–H and O–H groups in total. The highest BCUT2D eigenvalue weighted by Gasteiger charge is 2.00. The van der Waals surface area contributed by atoms with Crippen molar-refractivity contribution in [1.29, 1.82) is 5.26 Å². The third-order valence-corrected chi connectivity index (χ3v) is 2.06. The average Bonchev–Trinajstić information content (AvgIpc) is 2.23. The number of nitrogens with zero attached hydrogens (tertiary/aromatic N) is 2. The van der Waals surface area contributed by atoms with Gasteiger partial charge in [0.05, 0.1) is 18.2 Å². The number of hydrogen-bond acceptors (Lipinski definition) is 3. The molecule has 3 heteroatoms. The van der Waals surface area contributed by atoms with Gasteiger partial charge in [-0.25, -0.2) is 4.98 Å². The molecule has 0 amide bonds. The summed E-state index contributed by atoms with van der Waals surface area (Å²) in [5, 5.41) is 8.76. The van der Waals surface area contributed by atoms with E-state index in [-0.39, 0.29) is 0 Å². The molecule has 1 aromatic heterocycles. The summed E-state index contributed by atoms with van der Waals surface area (Å²) in [6.07, 6.45) is 3.37. The van der Waals surface area contributed by atoms with Crippen LogP contribution in [0.15, 0.2) is 12.1 Å². The monoisotopic (exact) mass is 204 g/mol. The third-order valence-electron chi connectivity index (χ3n) is 2.06. The molecule has 1 aromatic rings. The topological polar surface area (TPSA) is 45.9 Å². The van der Waals surface area contributed by atoms with Gasteiger partial charge in [-0.15, -0.1) is 0 Å². The smallest absolute Gasteiger partial charge is 0.214 e. The van der Waals surface area contributed by atoms with Crippen molar-refractivity contribution in [2.24, 2.45) is 0 Å². The van der Waals surface area contributed by atoms with E-state index in [4.69, 9.17) is 10.00 Å². The molecule has 0 saturated carbocycles. The number of unbranched alkanes of at least 4 members (excludes halogenated alkanes) is 2. The van der Waals surface area contributed by atoms with Gasteiger partial charge >= 0.3 is 0 Å². The van der Waals surface area contributed by atoms with Crippen LogP contribution < -0.4 is 4.74 Å². The minimum atomic E-state index is 0.558. The number of hydrogen-bond donors (Lipinski definition) is 0. The molecular formula is C12H16N2O. The van der Waals surface area contributed by atoms with Crippen LogP contribution in [0, 0.1) is 18.3 Å². The Bertz CT molecular complexity index is 355. The minimum absolute atomic E-state index is 0.558. The first kappa shape index (κ1) is 11.5. The summed E-state index contributed by atoms with van der Waals surface area (Å²) >= 11 is 0. The summed E-state index contributed by atoms with van der Waals surface area (Å²) in [5.41, 5.74) is 1.42. The zero-order valence-electron chi connectivity index (χ0n) is 9.29. The van der Waals surface area contributed by atoms with Crippen LogP contribution in [0.5, 0.6) is 5.88 Å². The SMILES string of the molecule is CCCCCOc1cc(C#N)cc(C)n1. The molecule has 0 aromatic carbocycles. The zero-order chi connectivity index (χ0) is 11.1. The molecule has 0 atom stereocenters. The molecule has 1 heterocycles. The lowest BCUT2D eigenvalue weighted by atomic mass is 10.2. The molecule has 80 valence electrons. The molecule has 0 fully saturated rings. The minimum Gasteiger partial charge on any atom is -0.478 e. The maximum Gasteiger partial charge on any atom is 0.214 e. The van der Waals surface area contributed by atoms with Crippen LogP contribution in [-0.2, 0) is 0 Å². The van der Waals surface area contributed by atoms with Gasteiger partial charge in [-0.05, 0) is 19.4 Å². The van der Waals surface area contributed by atoms with E-state index in [9.17, 15) is 0 Å². The molecule has 0 unspecified atom stereocenters. The highest BCUT2D eigenvalue weighted by Crippen LogP contribution is 2.12. The van der Waals surface area contributed by atoms with Crippen molar-refractivity contribution in [3.63, 3.8) is 0 Å². The van der Waals surface area contributed by atoms with E-state index in [1.807, 2.05) is 6.92 Å². The molecule has 0 aliphatic rings. The maximum atomic E-state index is 8.76. The summed E-state index contributed by atoms with van der Waals surface area (Å²) in [4.78, 5) is 4.21. The van der Waals surface area contributed by atoms with Gasteiger partial charge in [0.2, 0.25) is 5.88 Å². The van der Waals surface area contributed by atoms with Gasteiger partial charge < -0.3 is 4.74 Å². The van der Waals surface area contributed by atoms with E-state index in [1.165, 1.54) is 6.42 Å². The second kappa shape index (κ2) is 6.02. The second-order valence-corrected chi connectivity index (χ2v) is 3.50. The predicted octanol–water partition coefficient (Wildman–Crippen LogP) is 2.83. The van der Waals surface area contributed by atoms with Crippen molar-refractivity contribution in [3.05, 3.63) is 23.4 Å². The molecule has 1 rings (SSSR count). The summed E-state index contributed by atoms with van der Waals surface area (Å²) in [5.74, 6) is 0.558. The Kier molecular flexibility index (Phi) is 4.62.